The maximum Gasteiger partial charge on any atom is 0.0700 e. The second-order valence-corrected chi connectivity index (χ2v) is 4.86. The number of rotatable bonds is 6. The molecule has 0 saturated heterocycles. The van der Waals surface area contributed by atoms with Crippen LogP contribution in [0.5, 0.6) is 0 Å². The Balaban J connectivity index is 2.19. The summed E-state index contributed by atoms with van der Waals surface area (Å²) in [5.41, 5.74) is 0. The van der Waals surface area contributed by atoms with Crippen LogP contribution in [0.3, 0.4) is 0 Å². The van der Waals surface area contributed by atoms with E-state index in [1.807, 2.05) is 0 Å². The molecule has 1 aliphatic carbocycles. The third kappa shape index (κ3) is 4.98. The first kappa shape index (κ1) is 13.0. The Labute approximate surface area is 94.8 Å². The van der Waals surface area contributed by atoms with E-state index in [4.69, 9.17) is 4.74 Å². The Kier molecular flexibility index (Phi) is 6.26. The fourth-order valence-electron chi connectivity index (χ4n) is 2.23. The van der Waals surface area contributed by atoms with Gasteiger partial charge in [0.25, 0.3) is 0 Å². The fraction of sp³-hybridized carbons (Fsp3) is 1.00. The van der Waals surface area contributed by atoms with Crippen molar-refractivity contribution >= 4 is 0 Å². The van der Waals surface area contributed by atoms with Crippen LogP contribution in [0.15, 0.2) is 0 Å². The van der Waals surface area contributed by atoms with Crippen molar-refractivity contribution in [1.29, 1.82) is 0 Å². The topological polar surface area (TPSA) is 21.3 Å². The molecule has 90 valence electrons. The number of ether oxygens (including phenoxy) is 1. The standard InChI is InChI=1S/C13H27NO/c1-4-12(10-14-5-2)15-13-8-6-11(3)7-9-13/h11-14H,4-10H2,1-3H3. The smallest absolute Gasteiger partial charge is 0.0700 e. The van der Waals surface area contributed by atoms with Gasteiger partial charge in [0, 0.05) is 6.54 Å². The summed E-state index contributed by atoms with van der Waals surface area (Å²) < 4.78 is 6.13. The van der Waals surface area contributed by atoms with E-state index in [2.05, 4.69) is 26.1 Å². The Morgan fingerprint density at radius 2 is 1.87 bits per heavy atom. The van der Waals surface area contributed by atoms with Crippen molar-refractivity contribution in [1.82, 2.24) is 5.32 Å². The predicted octanol–water partition coefficient (Wildman–Crippen LogP) is 2.97. The molecule has 15 heavy (non-hydrogen) atoms. The normalized spacial score (nSPS) is 29.0. The van der Waals surface area contributed by atoms with Gasteiger partial charge in [0.15, 0.2) is 0 Å². The first-order valence-electron chi connectivity index (χ1n) is 6.62. The van der Waals surface area contributed by atoms with Crippen LogP contribution in [0.4, 0.5) is 0 Å². The summed E-state index contributed by atoms with van der Waals surface area (Å²) >= 11 is 0. The third-order valence-corrected chi connectivity index (χ3v) is 3.43. The maximum absolute atomic E-state index is 6.13. The zero-order valence-electron chi connectivity index (χ0n) is 10.6. The summed E-state index contributed by atoms with van der Waals surface area (Å²) in [6, 6.07) is 0. The van der Waals surface area contributed by atoms with Crippen molar-refractivity contribution in [3.8, 4) is 0 Å². The van der Waals surface area contributed by atoms with E-state index in [9.17, 15) is 0 Å². The minimum atomic E-state index is 0.420. The van der Waals surface area contributed by atoms with Gasteiger partial charge in [0.1, 0.15) is 0 Å². The molecule has 0 aromatic heterocycles. The fourth-order valence-corrected chi connectivity index (χ4v) is 2.23. The highest BCUT2D eigenvalue weighted by molar-refractivity contribution is 4.72. The summed E-state index contributed by atoms with van der Waals surface area (Å²) in [7, 11) is 0. The quantitative estimate of drug-likeness (QED) is 0.732. The van der Waals surface area contributed by atoms with Crippen molar-refractivity contribution in [2.75, 3.05) is 13.1 Å². The second-order valence-electron chi connectivity index (χ2n) is 4.86. The lowest BCUT2D eigenvalue weighted by atomic mass is 9.89. The van der Waals surface area contributed by atoms with Crippen molar-refractivity contribution in [3.63, 3.8) is 0 Å². The van der Waals surface area contributed by atoms with Crippen molar-refractivity contribution in [3.05, 3.63) is 0 Å². The third-order valence-electron chi connectivity index (χ3n) is 3.43. The molecule has 1 atom stereocenters. The Hall–Kier alpha value is -0.0800. The van der Waals surface area contributed by atoms with Crippen LogP contribution in [-0.2, 0) is 4.74 Å². The molecule has 1 unspecified atom stereocenters. The first-order chi connectivity index (χ1) is 7.26. The van der Waals surface area contributed by atoms with Crippen LogP contribution in [-0.4, -0.2) is 25.3 Å². The lowest BCUT2D eigenvalue weighted by molar-refractivity contribution is -0.0356. The van der Waals surface area contributed by atoms with Gasteiger partial charge in [0.05, 0.1) is 12.2 Å². The molecule has 2 heteroatoms. The maximum atomic E-state index is 6.13. The Bertz CT molecular complexity index is 150. The van der Waals surface area contributed by atoms with E-state index in [1.54, 1.807) is 0 Å². The average molecular weight is 213 g/mol. The van der Waals surface area contributed by atoms with Gasteiger partial charge in [-0.05, 0) is 44.6 Å². The molecule has 0 aromatic rings. The highest BCUT2D eigenvalue weighted by Gasteiger charge is 2.21. The van der Waals surface area contributed by atoms with E-state index in [-0.39, 0.29) is 0 Å². The highest BCUT2D eigenvalue weighted by Crippen LogP contribution is 2.26. The molecule has 0 bridgehead atoms. The predicted molar refractivity (Wildman–Crippen MR) is 65.1 cm³/mol. The molecule has 0 aliphatic heterocycles. The molecule has 1 rings (SSSR count). The van der Waals surface area contributed by atoms with E-state index in [0.717, 1.165) is 25.4 Å². The monoisotopic (exact) mass is 213 g/mol. The minimum Gasteiger partial charge on any atom is -0.374 e. The van der Waals surface area contributed by atoms with Crippen LogP contribution in [0.2, 0.25) is 0 Å². The van der Waals surface area contributed by atoms with E-state index in [1.165, 1.54) is 25.7 Å². The summed E-state index contributed by atoms with van der Waals surface area (Å²) in [4.78, 5) is 0. The van der Waals surface area contributed by atoms with E-state index in [0.29, 0.717) is 12.2 Å². The molecule has 0 spiro atoms. The molecule has 1 fully saturated rings. The largest absolute Gasteiger partial charge is 0.374 e. The summed E-state index contributed by atoms with van der Waals surface area (Å²) in [5.74, 6) is 0.915. The van der Waals surface area contributed by atoms with Crippen LogP contribution < -0.4 is 5.32 Å². The summed E-state index contributed by atoms with van der Waals surface area (Å²) in [6.07, 6.45) is 7.31. The van der Waals surface area contributed by atoms with E-state index < -0.39 is 0 Å². The van der Waals surface area contributed by atoms with Crippen LogP contribution in [0.25, 0.3) is 0 Å². The van der Waals surface area contributed by atoms with Crippen LogP contribution >= 0.6 is 0 Å². The van der Waals surface area contributed by atoms with Gasteiger partial charge in [-0.25, -0.2) is 0 Å². The molecule has 0 amide bonds. The van der Waals surface area contributed by atoms with Crippen molar-refractivity contribution < 1.29 is 4.74 Å². The highest BCUT2D eigenvalue weighted by atomic mass is 16.5. The molecule has 2 nitrogen and oxygen atoms in total. The molecule has 0 heterocycles. The van der Waals surface area contributed by atoms with Gasteiger partial charge in [0.2, 0.25) is 0 Å². The number of nitrogens with one attached hydrogen (secondary N) is 1. The van der Waals surface area contributed by atoms with Gasteiger partial charge in [-0.2, -0.15) is 0 Å². The molecule has 1 N–H and O–H groups in total. The lowest BCUT2D eigenvalue weighted by Crippen LogP contribution is -2.33. The Morgan fingerprint density at radius 1 is 1.20 bits per heavy atom. The SMILES string of the molecule is CCNCC(CC)OC1CCC(C)CC1. The number of likely N-dealkylation sites (N-methyl/N-ethyl adjacent to an activating group) is 1. The molecule has 1 saturated carbocycles. The zero-order chi connectivity index (χ0) is 11.1. The summed E-state index contributed by atoms with van der Waals surface area (Å²) in [5, 5.41) is 3.37. The molecule has 0 aromatic carbocycles. The molecular weight excluding hydrogens is 186 g/mol. The van der Waals surface area contributed by atoms with Crippen LogP contribution in [0.1, 0.15) is 52.9 Å². The Morgan fingerprint density at radius 3 is 2.40 bits per heavy atom. The molecule has 0 radical (unpaired) electrons. The molecule has 1 aliphatic rings. The average Bonchev–Trinajstić information content (AvgIpc) is 2.27. The second kappa shape index (κ2) is 7.24. The number of hydrogen-bond donors (Lipinski definition) is 1. The zero-order valence-corrected chi connectivity index (χ0v) is 10.6. The molecular formula is C13H27NO. The van der Waals surface area contributed by atoms with Gasteiger partial charge >= 0.3 is 0 Å². The minimum absolute atomic E-state index is 0.420. The lowest BCUT2D eigenvalue weighted by Gasteiger charge is -2.29. The van der Waals surface area contributed by atoms with Gasteiger partial charge in [-0.15, -0.1) is 0 Å². The van der Waals surface area contributed by atoms with Gasteiger partial charge < -0.3 is 10.1 Å². The van der Waals surface area contributed by atoms with Crippen molar-refractivity contribution in [2.45, 2.75) is 65.1 Å². The van der Waals surface area contributed by atoms with Gasteiger partial charge in [-0.3, -0.25) is 0 Å². The van der Waals surface area contributed by atoms with Crippen molar-refractivity contribution in [2.24, 2.45) is 5.92 Å². The first-order valence-corrected chi connectivity index (χ1v) is 6.62. The van der Waals surface area contributed by atoms with Crippen LogP contribution in [0, 0.1) is 5.92 Å². The number of hydrogen-bond acceptors (Lipinski definition) is 2. The summed E-state index contributed by atoms with van der Waals surface area (Å²) in [6.45, 7) is 8.77. The van der Waals surface area contributed by atoms with Gasteiger partial charge in [-0.1, -0.05) is 20.8 Å². The van der Waals surface area contributed by atoms with E-state index >= 15 is 0 Å².